The van der Waals surface area contributed by atoms with Gasteiger partial charge in [0.1, 0.15) is 5.60 Å². The fourth-order valence-corrected chi connectivity index (χ4v) is 1.67. The van der Waals surface area contributed by atoms with E-state index in [1.807, 2.05) is 20.8 Å². The molecule has 0 saturated carbocycles. The third-order valence-electron chi connectivity index (χ3n) is 2.30. The molecular weight excluding hydrogens is 210 g/mol. The van der Waals surface area contributed by atoms with E-state index in [9.17, 15) is 4.79 Å². The van der Waals surface area contributed by atoms with Crippen molar-refractivity contribution in [2.75, 3.05) is 19.8 Å². The highest BCUT2D eigenvalue weighted by atomic mass is 16.7. The summed E-state index contributed by atoms with van der Waals surface area (Å²) >= 11 is 0. The number of aliphatic hydroxyl groups is 1. The number of hydrogen-bond acceptors (Lipinski definition) is 5. The SMILES string of the molecule is CC(C)(C)OC(=O)CON1CCC[C@H]1CO. The number of ether oxygens (including phenoxy) is 1. The zero-order valence-corrected chi connectivity index (χ0v) is 10.2. The van der Waals surface area contributed by atoms with Crippen LogP contribution in [0.1, 0.15) is 33.6 Å². The predicted molar refractivity (Wildman–Crippen MR) is 58.6 cm³/mol. The molecule has 5 heteroatoms. The van der Waals surface area contributed by atoms with Gasteiger partial charge in [-0.25, -0.2) is 4.79 Å². The van der Waals surface area contributed by atoms with Crippen molar-refractivity contribution in [2.45, 2.75) is 45.3 Å². The van der Waals surface area contributed by atoms with Crippen LogP contribution >= 0.6 is 0 Å². The van der Waals surface area contributed by atoms with E-state index in [-0.39, 0.29) is 25.2 Å². The first-order chi connectivity index (χ1) is 7.42. The van der Waals surface area contributed by atoms with Crippen molar-refractivity contribution in [1.29, 1.82) is 0 Å². The van der Waals surface area contributed by atoms with Gasteiger partial charge in [0, 0.05) is 6.54 Å². The van der Waals surface area contributed by atoms with Crippen molar-refractivity contribution in [3.8, 4) is 0 Å². The minimum Gasteiger partial charge on any atom is -0.458 e. The maximum absolute atomic E-state index is 11.4. The molecule has 1 aliphatic rings. The highest BCUT2D eigenvalue weighted by Crippen LogP contribution is 2.17. The van der Waals surface area contributed by atoms with Gasteiger partial charge in [0.25, 0.3) is 0 Å². The Bertz CT molecular complexity index is 237. The lowest BCUT2D eigenvalue weighted by Gasteiger charge is -2.23. The number of rotatable bonds is 4. The van der Waals surface area contributed by atoms with Crippen LogP contribution in [0.2, 0.25) is 0 Å². The molecule has 1 atom stereocenters. The summed E-state index contributed by atoms with van der Waals surface area (Å²) in [5.41, 5.74) is -0.484. The Morgan fingerprint density at radius 3 is 2.75 bits per heavy atom. The van der Waals surface area contributed by atoms with E-state index in [1.54, 1.807) is 5.06 Å². The molecule has 0 amide bonds. The fourth-order valence-electron chi connectivity index (χ4n) is 1.67. The third kappa shape index (κ3) is 4.47. The van der Waals surface area contributed by atoms with Crippen molar-refractivity contribution in [2.24, 2.45) is 0 Å². The highest BCUT2D eigenvalue weighted by molar-refractivity contribution is 5.71. The number of nitrogens with zero attached hydrogens (tertiary/aromatic N) is 1. The quantitative estimate of drug-likeness (QED) is 0.722. The smallest absolute Gasteiger partial charge is 0.334 e. The summed E-state index contributed by atoms with van der Waals surface area (Å²) in [6.45, 7) is 6.18. The van der Waals surface area contributed by atoms with Crippen molar-refractivity contribution >= 4 is 5.97 Å². The molecule has 1 rings (SSSR count). The van der Waals surface area contributed by atoms with Crippen LogP contribution in [-0.2, 0) is 14.4 Å². The molecule has 0 aliphatic carbocycles. The van der Waals surface area contributed by atoms with Gasteiger partial charge in [0.15, 0.2) is 6.61 Å². The number of carbonyl (C=O) groups is 1. The van der Waals surface area contributed by atoms with E-state index < -0.39 is 5.60 Å². The Hall–Kier alpha value is -0.650. The molecule has 16 heavy (non-hydrogen) atoms. The van der Waals surface area contributed by atoms with Gasteiger partial charge in [-0.3, -0.25) is 4.84 Å². The van der Waals surface area contributed by atoms with E-state index in [4.69, 9.17) is 14.7 Å². The van der Waals surface area contributed by atoms with Gasteiger partial charge in [-0.1, -0.05) is 0 Å². The van der Waals surface area contributed by atoms with E-state index >= 15 is 0 Å². The lowest BCUT2D eigenvalue weighted by molar-refractivity contribution is -0.199. The standard InChI is InChI=1S/C11H21NO4/c1-11(2,3)16-10(14)8-15-12-6-4-5-9(12)7-13/h9,13H,4-8H2,1-3H3/t9-/m0/s1. The topological polar surface area (TPSA) is 59.0 Å². The van der Waals surface area contributed by atoms with E-state index in [0.29, 0.717) is 0 Å². The molecule has 0 aromatic heterocycles. The molecule has 0 aromatic carbocycles. The van der Waals surface area contributed by atoms with Gasteiger partial charge in [-0.15, -0.1) is 0 Å². The molecule has 1 saturated heterocycles. The minimum atomic E-state index is -0.484. The summed E-state index contributed by atoms with van der Waals surface area (Å²) in [6.07, 6.45) is 1.89. The number of aliphatic hydroxyl groups excluding tert-OH is 1. The molecule has 5 nitrogen and oxygen atoms in total. The number of hydrogen-bond donors (Lipinski definition) is 1. The van der Waals surface area contributed by atoms with Gasteiger partial charge in [-0.2, -0.15) is 5.06 Å². The first-order valence-electron chi connectivity index (χ1n) is 5.64. The maximum Gasteiger partial charge on any atom is 0.334 e. The van der Waals surface area contributed by atoms with Crippen LogP contribution in [0.15, 0.2) is 0 Å². The first-order valence-corrected chi connectivity index (χ1v) is 5.64. The normalized spacial score (nSPS) is 22.4. The third-order valence-corrected chi connectivity index (χ3v) is 2.30. The van der Waals surface area contributed by atoms with Crippen LogP contribution < -0.4 is 0 Å². The molecule has 0 aromatic rings. The second-order valence-electron chi connectivity index (χ2n) is 4.98. The minimum absolute atomic E-state index is 0.0161. The lowest BCUT2D eigenvalue weighted by Crippen LogP contribution is -2.35. The monoisotopic (exact) mass is 231 g/mol. The van der Waals surface area contributed by atoms with Gasteiger partial charge in [-0.05, 0) is 33.6 Å². The summed E-state index contributed by atoms with van der Waals surface area (Å²) in [5.74, 6) is -0.379. The van der Waals surface area contributed by atoms with Crippen molar-refractivity contribution in [3.63, 3.8) is 0 Å². The summed E-state index contributed by atoms with van der Waals surface area (Å²) in [6, 6.07) is 0.0161. The molecule has 0 unspecified atom stereocenters. The van der Waals surface area contributed by atoms with Crippen molar-refractivity contribution in [3.05, 3.63) is 0 Å². The van der Waals surface area contributed by atoms with Gasteiger partial charge < -0.3 is 9.84 Å². The van der Waals surface area contributed by atoms with Crippen LogP contribution in [0.3, 0.4) is 0 Å². The van der Waals surface area contributed by atoms with Crippen LogP contribution in [0.5, 0.6) is 0 Å². The molecule has 0 bridgehead atoms. The summed E-state index contributed by atoms with van der Waals surface area (Å²) in [5, 5.41) is 10.7. The number of carbonyl (C=O) groups excluding carboxylic acids is 1. The molecule has 1 N–H and O–H groups in total. The van der Waals surface area contributed by atoms with Crippen LogP contribution in [0.25, 0.3) is 0 Å². The first kappa shape index (κ1) is 13.4. The summed E-state index contributed by atoms with van der Waals surface area (Å²) < 4.78 is 5.11. The molecule has 1 aliphatic heterocycles. The molecule has 1 heterocycles. The Kier molecular flexibility index (Phi) is 4.70. The Morgan fingerprint density at radius 2 is 2.19 bits per heavy atom. The predicted octanol–water partition coefficient (Wildman–Crippen LogP) is 0.716. The van der Waals surface area contributed by atoms with Gasteiger partial charge in [0.2, 0.25) is 0 Å². The Morgan fingerprint density at radius 1 is 1.50 bits per heavy atom. The Labute approximate surface area is 96.3 Å². The zero-order chi connectivity index (χ0) is 12.2. The maximum atomic E-state index is 11.4. The van der Waals surface area contributed by atoms with Crippen molar-refractivity contribution < 1.29 is 19.5 Å². The number of esters is 1. The second kappa shape index (κ2) is 5.61. The second-order valence-corrected chi connectivity index (χ2v) is 4.98. The molecule has 94 valence electrons. The van der Waals surface area contributed by atoms with Crippen LogP contribution in [-0.4, -0.2) is 47.5 Å². The molecule has 0 spiro atoms. The molecule has 1 fully saturated rings. The lowest BCUT2D eigenvalue weighted by atomic mass is 10.2. The fraction of sp³-hybridized carbons (Fsp3) is 0.909. The highest BCUT2D eigenvalue weighted by Gasteiger charge is 2.26. The number of hydroxylamine groups is 2. The van der Waals surface area contributed by atoms with Crippen LogP contribution in [0, 0.1) is 0 Å². The average molecular weight is 231 g/mol. The van der Waals surface area contributed by atoms with Crippen LogP contribution in [0.4, 0.5) is 0 Å². The van der Waals surface area contributed by atoms with E-state index in [1.165, 1.54) is 0 Å². The molecular formula is C11H21NO4. The Balaban J connectivity index is 2.26. The van der Waals surface area contributed by atoms with Crippen molar-refractivity contribution in [1.82, 2.24) is 5.06 Å². The van der Waals surface area contributed by atoms with Gasteiger partial charge in [0.05, 0.1) is 12.6 Å². The van der Waals surface area contributed by atoms with E-state index in [0.717, 1.165) is 19.4 Å². The van der Waals surface area contributed by atoms with Gasteiger partial charge >= 0.3 is 5.97 Å². The average Bonchev–Trinajstić information content (AvgIpc) is 2.59. The summed E-state index contributed by atoms with van der Waals surface area (Å²) in [7, 11) is 0. The summed E-state index contributed by atoms with van der Waals surface area (Å²) in [4.78, 5) is 16.7. The zero-order valence-electron chi connectivity index (χ0n) is 10.2. The van der Waals surface area contributed by atoms with E-state index in [2.05, 4.69) is 0 Å². The molecule has 0 radical (unpaired) electrons. The largest absolute Gasteiger partial charge is 0.458 e.